The molecule has 0 bridgehead atoms. The highest BCUT2D eigenvalue weighted by atomic mass is 16.5. The van der Waals surface area contributed by atoms with E-state index in [0.717, 1.165) is 21.4 Å². The number of Topliss-reactive ketones (excluding diaryl/α,β-unsaturated/α-hetero) is 1. The van der Waals surface area contributed by atoms with Crippen LogP contribution in [0, 0.1) is 13.8 Å². The van der Waals surface area contributed by atoms with Gasteiger partial charge in [-0.25, -0.2) is 0 Å². The molecule has 0 N–H and O–H groups in total. The Kier molecular flexibility index (Phi) is 5.69. The summed E-state index contributed by atoms with van der Waals surface area (Å²) in [5.41, 5.74) is 3.10. The fraction of sp³-hybridized carbons (Fsp3) is 0.737. The number of methoxy groups -OCH3 is 1. The first kappa shape index (κ1) is 18.2. The van der Waals surface area contributed by atoms with Crippen LogP contribution in [0.1, 0.15) is 60.4 Å². The van der Waals surface area contributed by atoms with Gasteiger partial charge in [0.2, 0.25) is 5.78 Å². The Bertz CT molecular complexity index is 554. The molecule has 1 aliphatic carbocycles. The van der Waals surface area contributed by atoms with E-state index in [9.17, 15) is 4.79 Å². The fourth-order valence-electron chi connectivity index (χ4n) is 4.24. The van der Waals surface area contributed by atoms with Gasteiger partial charge in [-0.1, -0.05) is 0 Å². The standard InChI is InChI=1S/C19H33N2O2/c1-14-11-18(16(3)20(14)15(2)13-23-6)19(22)12-21(4,5)17-9-7-8-10-17/h11,15,17H,7-10,12-13H2,1-6H3/q+1/t15-/m0/s1. The molecular formula is C19H33N2O2+. The van der Waals surface area contributed by atoms with Crippen molar-refractivity contribution in [1.29, 1.82) is 0 Å². The van der Waals surface area contributed by atoms with Gasteiger partial charge in [0.1, 0.15) is 6.54 Å². The first-order valence-corrected chi connectivity index (χ1v) is 8.81. The highest BCUT2D eigenvalue weighted by Crippen LogP contribution is 2.28. The number of quaternary nitrogens is 1. The zero-order valence-corrected chi connectivity index (χ0v) is 15.7. The van der Waals surface area contributed by atoms with Crippen LogP contribution in [0.3, 0.4) is 0 Å². The van der Waals surface area contributed by atoms with Gasteiger partial charge in [-0.2, -0.15) is 0 Å². The second-order valence-electron chi connectivity index (χ2n) is 7.76. The van der Waals surface area contributed by atoms with Gasteiger partial charge < -0.3 is 13.8 Å². The molecule has 0 amide bonds. The molecule has 0 aliphatic heterocycles. The highest BCUT2D eigenvalue weighted by Gasteiger charge is 2.34. The number of carbonyl (C=O) groups excluding carboxylic acids is 1. The summed E-state index contributed by atoms with van der Waals surface area (Å²) >= 11 is 0. The van der Waals surface area contributed by atoms with Gasteiger partial charge in [0, 0.05) is 24.1 Å². The third-order valence-corrected chi connectivity index (χ3v) is 5.50. The Balaban J connectivity index is 2.18. The molecule has 0 radical (unpaired) electrons. The average Bonchev–Trinajstić information content (AvgIpc) is 3.07. The Hall–Kier alpha value is -1.13. The normalized spacial score (nSPS) is 17.7. The number of aryl methyl sites for hydroxylation is 1. The van der Waals surface area contributed by atoms with Crippen molar-refractivity contribution in [1.82, 2.24) is 4.57 Å². The molecule has 0 saturated heterocycles. The molecule has 0 unspecified atom stereocenters. The maximum Gasteiger partial charge on any atom is 0.218 e. The predicted molar refractivity (Wildman–Crippen MR) is 94.1 cm³/mol. The monoisotopic (exact) mass is 321 g/mol. The lowest BCUT2D eigenvalue weighted by molar-refractivity contribution is -0.906. The maximum atomic E-state index is 12.9. The Morgan fingerprint density at radius 1 is 1.35 bits per heavy atom. The van der Waals surface area contributed by atoms with Gasteiger partial charge in [-0.15, -0.1) is 0 Å². The van der Waals surface area contributed by atoms with E-state index in [2.05, 4.69) is 45.5 Å². The smallest absolute Gasteiger partial charge is 0.218 e. The molecule has 1 fully saturated rings. The van der Waals surface area contributed by atoms with Crippen molar-refractivity contribution >= 4 is 5.78 Å². The van der Waals surface area contributed by atoms with E-state index in [1.54, 1.807) is 7.11 Å². The number of hydrogen-bond acceptors (Lipinski definition) is 2. The molecule has 1 aromatic heterocycles. The van der Waals surface area contributed by atoms with Crippen molar-refractivity contribution in [2.24, 2.45) is 0 Å². The number of ketones is 1. The number of nitrogens with zero attached hydrogens (tertiary/aromatic N) is 2. The Morgan fingerprint density at radius 3 is 2.52 bits per heavy atom. The van der Waals surface area contributed by atoms with Crippen LogP contribution >= 0.6 is 0 Å². The number of ether oxygens (including phenoxy) is 1. The molecule has 0 aromatic carbocycles. The van der Waals surface area contributed by atoms with E-state index >= 15 is 0 Å². The molecule has 130 valence electrons. The first-order valence-electron chi connectivity index (χ1n) is 8.81. The number of carbonyl (C=O) groups is 1. The van der Waals surface area contributed by atoms with Gasteiger partial charge in [0.25, 0.3) is 0 Å². The molecule has 4 heteroatoms. The topological polar surface area (TPSA) is 31.2 Å². The lowest BCUT2D eigenvalue weighted by atomic mass is 10.1. The number of aromatic nitrogens is 1. The summed E-state index contributed by atoms with van der Waals surface area (Å²) in [5.74, 6) is 0.269. The molecule has 0 spiro atoms. The van der Waals surface area contributed by atoms with E-state index in [1.165, 1.54) is 25.7 Å². The van der Waals surface area contributed by atoms with Gasteiger partial charge in [-0.3, -0.25) is 4.79 Å². The zero-order chi connectivity index (χ0) is 17.2. The average molecular weight is 321 g/mol. The van der Waals surface area contributed by atoms with Crippen molar-refractivity contribution in [3.8, 4) is 0 Å². The van der Waals surface area contributed by atoms with E-state index in [4.69, 9.17) is 4.74 Å². The van der Waals surface area contributed by atoms with Gasteiger partial charge >= 0.3 is 0 Å². The van der Waals surface area contributed by atoms with Crippen LogP contribution in [-0.4, -0.2) is 55.2 Å². The summed E-state index contributed by atoms with van der Waals surface area (Å²) in [6, 6.07) is 2.94. The molecule has 1 atom stereocenters. The van der Waals surface area contributed by atoms with E-state index in [0.29, 0.717) is 19.2 Å². The van der Waals surface area contributed by atoms with E-state index in [1.807, 2.05) is 0 Å². The second-order valence-corrected chi connectivity index (χ2v) is 7.76. The molecular weight excluding hydrogens is 288 g/mol. The van der Waals surface area contributed by atoms with Gasteiger partial charge in [0.05, 0.1) is 32.8 Å². The summed E-state index contributed by atoms with van der Waals surface area (Å²) in [5, 5.41) is 0. The minimum absolute atomic E-state index is 0.249. The van der Waals surface area contributed by atoms with Crippen molar-refractivity contribution in [2.45, 2.75) is 58.5 Å². The van der Waals surface area contributed by atoms with Crippen LogP contribution in [0.15, 0.2) is 6.07 Å². The Morgan fingerprint density at radius 2 is 1.96 bits per heavy atom. The van der Waals surface area contributed by atoms with Crippen molar-refractivity contribution in [3.05, 3.63) is 23.0 Å². The predicted octanol–water partition coefficient (Wildman–Crippen LogP) is 3.51. The number of hydrogen-bond donors (Lipinski definition) is 0. The van der Waals surface area contributed by atoms with Crippen molar-refractivity contribution in [2.75, 3.05) is 34.4 Å². The summed E-state index contributed by atoms with van der Waals surface area (Å²) in [7, 11) is 6.14. The minimum Gasteiger partial charge on any atom is -0.383 e. The van der Waals surface area contributed by atoms with Crippen LogP contribution in [0.4, 0.5) is 0 Å². The zero-order valence-electron chi connectivity index (χ0n) is 15.7. The van der Waals surface area contributed by atoms with E-state index < -0.39 is 0 Å². The van der Waals surface area contributed by atoms with Crippen molar-refractivity contribution in [3.63, 3.8) is 0 Å². The molecule has 1 heterocycles. The number of rotatable bonds is 7. The summed E-state index contributed by atoms with van der Waals surface area (Å²) in [6.07, 6.45) is 5.13. The molecule has 1 saturated carbocycles. The summed E-state index contributed by atoms with van der Waals surface area (Å²) < 4.78 is 8.32. The molecule has 1 aromatic rings. The van der Waals surface area contributed by atoms with Gasteiger partial charge in [-0.05, 0) is 52.5 Å². The molecule has 2 rings (SSSR count). The molecule has 4 nitrogen and oxygen atoms in total. The van der Waals surface area contributed by atoms with Crippen LogP contribution < -0.4 is 0 Å². The van der Waals surface area contributed by atoms with Crippen molar-refractivity contribution < 1.29 is 14.0 Å². The molecule has 1 aliphatic rings. The Labute approximate surface area is 141 Å². The van der Waals surface area contributed by atoms with Crippen LogP contribution in [0.5, 0.6) is 0 Å². The quantitative estimate of drug-likeness (QED) is 0.568. The lowest BCUT2D eigenvalue weighted by Gasteiger charge is -2.35. The SMILES string of the molecule is COC[C@H](C)n1c(C)cc(C(=O)C[N+](C)(C)C2CCCC2)c1C. The summed E-state index contributed by atoms with van der Waals surface area (Å²) in [4.78, 5) is 12.9. The maximum absolute atomic E-state index is 12.9. The van der Waals surface area contributed by atoms with Crippen LogP contribution in [0.25, 0.3) is 0 Å². The summed E-state index contributed by atoms with van der Waals surface area (Å²) in [6.45, 7) is 7.52. The largest absolute Gasteiger partial charge is 0.383 e. The van der Waals surface area contributed by atoms with E-state index in [-0.39, 0.29) is 11.8 Å². The lowest BCUT2D eigenvalue weighted by Crippen LogP contribution is -2.50. The van der Waals surface area contributed by atoms with Crippen LogP contribution in [0.2, 0.25) is 0 Å². The fourth-order valence-corrected chi connectivity index (χ4v) is 4.24. The van der Waals surface area contributed by atoms with Gasteiger partial charge in [0.15, 0.2) is 0 Å². The second kappa shape index (κ2) is 7.18. The van der Waals surface area contributed by atoms with Crippen LogP contribution in [-0.2, 0) is 4.74 Å². The third kappa shape index (κ3) is 3.86. The number of likely N-dealkylation sites (N-methyl/N-ethyl adjacent to an activating group) is 1. The molecule has 23 heavy (non-hydrogen) atoms. The highest BCUT2D eigenvalue weighted by molar-refractivity contribution is 5.98. The first-order chi connectivity index (χ1) is 10.8. The minimum atomic E-state index is 0.249. The third-order valence-electron chi connectivity index (χ3n) is 5.50.